The first-order valence-corrected chi connectivity index (χ1v) is 7.64. The van der Waals surface area contributed by atoms with Crippen molar-refractivity contribution in [1.29, 1.82) is 0 Å². The van der Waals surface area contributed by atoms with Crippen molar-refractivity contribution >= 4 is 5.97 Å². The highest BCUT2D eigenvalue weighted by Crippen LogP contribution is 2.38. The minimum absolute atomic E-state index is 0.135. The standard InChI is InChI=1S/C17H24FNO2/c1-13(14-8-4-5-9-15(14)18)19(2)12-17(16(20)21)10-6-3-7-11-17/h4-5,8-9,13H,3,6-7,10-12H2,1-2H3,(H,20,21). The van der Waals surface area contributed by atoms with Crippen molar-refractivity contribution in [2.24, 2.45) is 5.41 Å². The molecule has 3 nitrogen and oxygen atoms in total. The van der Waals surface area contributed by atoms with E-state index < -0.39 is 11.4 Å². The van der Waals surface area contributed by atoms with Gasteiger partial charge >= 0.3 is 5.97 Å². The highest BCUT2D eigenvalue weighted by Gasteiger charge is 2.41. The predicted molar refractivity (Wildman–Crippen MR) is 80.6 cm³/mol. The van der Waals surface area contributed by atoms with E-state index in [0.717, 1.165) is 32.1 Å². The van der Waals surface area contributed by atoms with Crippen molar-refractivity contribution < 1.29 is 14.3 Å². The van der Waals surface area contributed by atoms with Crippen molar-refractivity contribution in [3.05, 3.63) is 35.6 Å². The SMILES string of the molecule is CC(c1ccccc1F)N(C)CC1(C(=O)O)CCCCC1. The monoisotopic (exact) mass is 293 g/mol. The van der Waals surface area contributed by atoms with Gasteiger partial charge in [-0.25, -0.2) is 4.39 Å². The second-order valence-electron chi connectivity index (χ2n) is 6.26. The van der Waals surface area contributed by atoms with Crippen molar-refractivity contribution in [3.8, 4) is 0 Å². The molecule has 0 aliphatic heterocycles. The number of rotatable bonds is 5. The number of halogens is 1. The summed E-state index contributed by atoms with van der Waals surface area (Å²) in [6.07, 6.45) is 4.48. The normalized spacial score (nSPS) is 19.4. The average molecular weight is 293 g/mol. The number of hydrogen-bond donors (Lipinski definition) is 1. The molecule has 1 aromatic carbocycles. The highest BCUT2D eigenvalue weighted by atomic mass is 19.1. The number of carboxylic acid groups (broad SMARTS) is 1. The van der Waals surface area contributed by atoms with Crippen molar-refractivity contribution in [1.82, 2.24) is 4.90 Å². The van der Waals surface area contributed by atoms with E-state index in [1.165, 1.54) is 6.07 Å². The molecule has 21 heavy (non-hydrogen) atoms. The second-order valence-corrected chi connectivity index (χ2v) is 6.26. The fourth-order valence-electron chi connectivity index (χ4n) is 3.33. The van der Waals surface area contributed by atoms with Gasteiger partial charge in [-0.1, -0.05) is 37.5 Å². The molecule has 0 aromatic heterocycles. The molecule has 1 unspecified atom stereocenters. The van der Waals surface area contributed by atoms with Gasteiger partial charge in [0.05, 0.1) is 5.41 Å². The predicted octanol–water partition coefficient (Wildman–Crippen LogP) is 3.85. The first-order valence-electron chi connectivity index (χ1n) is 7.64. The Kier molecular flexibility index (Phi) is 4.99. The van der Waals surface area contributed by atoms with Gasteiger partial charge in [0.15, 0.2) is 0 Å². The van der Waals surface area contributed by atoms with Crippen molar-refractivity contribution in [2.75, 3.05) is 13.6 Å². The van der Waals surface area contributed by atoms with Gasteiger partial charge in [0.25, 0.3) is 0 Å². The van der Waals surface area contributed by atoms with Crippen LogP contribution in [0.1, 0.15) is 50.6 Å². The average Bonchev–Trinajstić information content (AvgIpc) is 2.47. The minimum atomic E-state index is -0.713. The van der Waals surface area contributed by atoms with Gasteiger partial charge in [-0.2, -0.15) is 0 Å². The molecule has 1 atom stereocenters. The Morgan fingerprint density at radius 3 is 2.52 bits per heavy atom. The van der Waals surface area contributed by atoms with Crippen LogP contribution in [0.25, 0.3) is 0 Å². The molecule has 0 heterocycles. The topological polar surface area (TPSA) is 40.5 Å². The lowest BCUT2D eigenvalue weighted by Gasteiger charge is -2.38. The third-order valence-corrected chi connectivity index (χ3v) is 4.83. The molecule has 2 rings (SSSR count). The number of aliphatic carboxylic acids is 1. The van der Waals surface area contributed by atoms with Crippen LogP contribution >= 0.6 is 0 Å². The van der Waals surface area contributed by atoms with E-state index in [0.29, 0.717) is 12.1 Å². The summed E-state index contributed by atoms with van der Waals surface area (Å²) >= 11 is 0. The maximum absolute atomic E-state index is 13.9. The molecule has 0 amide bonds. The van der Waals surface area contributed by atoms with E-state index >= 15 is 0 Å². The van der Waals surface area contributed by atoms with Crippen LogP contribution in [0.4, 0.5) is 4.39 Å². The minimum Gasteiger partial charge on any atom is -0.481 e. The zero-order valence-corrected chi connectivity index (χ0v) is 12.8. The molecule has 0 radical (unpaired) electrons. The van der Waals surface area contributed by atoms with Crippen LogP contribution in [0.2, 0.25) is 0 Å². The maximum Gasteiger partial charge on any atom is 0.310 e. The van der Waals surface area contributed by atoms with Crippen LogP contribution < -0.4 is 0 Å². The number of nitrogens with zero attached hydrogens (tertiary/aromatic N) is 1. The van der Waals surface area contributed by atoms with Gasteiger partial charge in [0.2, 0.25) is 0 Å². The van der Waals surface area contributed by atoms with Gasteiger partial charge in [-0.15, -0.1) is 0 Å². The largest absolute Gasteiger partial charge is 0.481 e. The van der Waals surface area contributed by atoms with Crippen LogP contribution in [0.15, 0.2) is 24.3 Å². The number of carbonyl (C=O) groups is 1. The third kappa shape index (κ3) is 3.43. The van der Waals surface area contributed by atoms with E-state index in [9.17, 15) is 14.3 Å². The van der Waals surface area contributed by atoms with Crippen LogP contribution in [0, 0.1) is 11.2 Å². The Hall–Kier alpha value is -1.42. The van der Waals surface area contributed by atoms with Gasteiger partial charge < -0.3 is 5.11 Å². The molecule has 1 N–H and O–H groups in total. The quantitative estimate of drug-likeness (QED) is 0.896. The Morgan fingerprint density at radius 2 is 1.95 bits per heavy atom. The highest BCUT2D eigenvalue weighted by molar-refractivity contribution is 5.75. The molecule has 116 valence electrons. The molecule has 0 bridgehead atoms. The van der Waals surface area contributed by atoms with Gasteiger partial charge in [-0.3, -0.25) is 9.69 Å². The molecular weight excluding hydrogens is 269 g/mol. The Labute approximate surface area is 125 Å². The Balaban J connectivity index is 2.14. The smallest absolute Gasteiger partial charge is 0.310 e. The molecule has 1 saturated carbocycles. The molecule has 4 heteroatoms. The van der Waals surface area contributed by atoms with Gasteiger partial charge in [0, 0.05) is 18.2 Å². The number of benzene rings is 1. The second kappa shape index (κ2) is 6.56. The van der Waals surface area contributed by atoms with Gasteiger partial charge in [0.1, 0.15) is 5.82 Å². The Bertz CT molecular complexity index is 497. The zero-order valence-electron chi connectivity index (χ0n) is 12.8. The summed E-state index contributed by atoms with van der Waals surface area (Å²) in [7, 11) is 1.89. The van der Waals surface area contributed by atoms with E-state index in [4.69, 9.17) is 0 Å². The Morgan fingerprint density at radius 1 is 1.33 bits per heavy atom. The molecule has 1 aromatic rings. The van der Waals surface area contributed by atoms with Gasteiger partial charge in [-0.05, 0) is 32.9 Å². The van der Waals surface area contributed by atoms with Crippen LogP contribution in [0.3, 0.4) is 0 Å². The lowest BCUT2D eigenvalue weighted by molar-refractivity contribution is -0.152. The lowest BCUT2D eigenvalue weighted by Crippen LogP contribution is -2.44. The van der Waals surface area contributed by atoms with Crippen LogP contribution in [-0.2, 0) is 4.79 Å². The summed E-state index contributed by atoms with van der Waals surface area (Å²) in [5, 5.41) is 9.64. The van der Waals surface area contributed by atoms with E-state index in [1.807, 2.05) is 24.9 Å². The summed E-state index contributed by atoms with van der Waals surface area (Å²) in [5.41, 5.74) is -0.0525. The first-order chi connectivity index (χ1) is 9.96. The van der Waals surface area contributed by atoms with Crippen LogP contribution in [-0.4, -0.2) is 29.6 Å². The molecular formula is C17H24FNO2. The summed E-state index contributed by atoms with van der Waals surface area (Å²) in [6, 6.07) is 6.57. The van der Waals surface area contributed by atoms with Crippen LogP contribution in [0.5, 0.6) is 0 Å². The van der Waals surface area contributed by atoms with Crippen molar-refractivity contribution in [3.63, 3.8) is 0 Å². The number of hydrogen-bond acceptors (Lipinski definition) is 2. The first kappa shape index (κ1) is 16.0. The summed E-state index contributed by atoms with van der Waals surface area (Å²) in [4.78, 5) is 13.7. The van der Waals surface area contributed by atoms with E-state index in [-0.39, 0.29) is 11.9 Å². The molecule has 0 saturated heterocycles. The maximum atomic E-state index is 13.9. The fraction of sp³-hybridized carbons (Fsp3) is 0.588. The molecule has 1 aliphatic carbocycles. The van der Waals surface area contributed by atoms with E-state index in [2.05, 4.69) is 0 Å². The number of carboxylic acids is 1. The summed E-state index contributed by atoms with van der Waals surface area (Å²) in [5.74, 6) is -0.945. The summed E-state index contributed by atoms with van der Waals surface area (Å²) in [6.45, 7) is 2.40. The molecule has 1 aliphatic rings. The molecule has 1 fully saturated rings. The zero-order chi connectivity index (χ0) is 15.5. The fourth-order valence-corrected chi connectivity index (χ4v) is 3.33. The lowest BCUT2D eigenvalue weighted by atomic mass is 9.73. The third-order valence-electron chi connectivity index (χ3n) is 4.83. The summed E-state index contributed by atoms with van der Waals surface area (Å²) < 4.78 is 13.9. The van der Waals surface area contributed by atoms with E-state index in [1.54, 1.807) is 12.1 Å². The molecule has 0 spiro atoms. The van der Waals surface area contributed by atoms with Crippen molar-refractivity contribution in [2.45, 2.75) is 45.1 Å².